The third-order valence-corrected chi connectivity index (χ3v) is 2.14. The van der Waals surface area contributed by atoms with Gasteiger partial charge in [-0.05, 0) is 0 Å². The van der Waals surface area contributed by atoms with Crippen LogP contribution in [0.1, 0.15) is 0 Å². The van der Waals surface area contributed by atoms with E-state index in [9.17, 15) is 5.11 Å². The number of nitrogens with two attached hydrogens (primary N) is 1. The molecule has 1 saturated heterocycles. The summed E-state index contributed by atoms with van der Waals surface area (Å²) < 4.78 is 0. The SMILES string of the molecule is OC[C@H]1[NH2+]C(O)[C@H](O)[C@@H](O)[C@H]1O. The smallest absolute Gasteiger partial charge is 0.217 e. The summed E-state index contributed by atoms with van der Waals surface area (Å²) in [7, 11) is 0. The summed E-state index contributed by atoms with van der Waals surface area (Å²) >= 11 is 0. The maximum absolute atomic E-state index is 9.21. The Labute approximate surface area is 69.1 Å². The molecule has 0 spiro atoms. The number of aliphatic hydroxyl groups excluding tert-OH is 5. The maximum atomic E-state index is 9.21. The standard InChI is InChI=1S/C6H13NO5/c8-1-2-3(9)4(10)5(11)6(12)7-2/h2-12H,1H2/p+1/t2-,3+,4+,5-,6?/m1/s1. The number of rotatable bonds is 1. The van der Waals surface area contributed by atoms with Gasteiger partial charge in [0.15, 0.2) is 6.10 Å². The molecule has 0 radical (unpaired) electrons. The van der Waals surface area contributed by atoms with Crippen LogP contribution in [0.3, 0.4) is 0 Å². The van der Waals surface area contributed by atoms with Crippen LogP contribution in [-0.4, -0.2) is 62.7 Å². The lowest BCUT2D eigenvalue weighted by molar-refractivity contribution is -0.779. The topological polar surface area (TPSA) is 118 Å². The maximum Gasteiger partial charge on any atom is 0.217 e. The minimum Gasteiger partial charge on any atom is -0.390 e. The highest BCUT2D eigenvalue weighted by atomic mass is 16.4. The molecule has 0 saturated carbocycles. The van der Waals surface area contributed by atoms with Gasteiger partial charge in [0.1, 0.15) is 18.2 Å². The first-order valence-corrected chi connectivity index (χ1v) is 3.76. The zero-order chi connectivity index (χ0) is 9.30. The molecule has 1 aliphatic rings. The molecule has 6 heteroatoms. The summed E-state index contributed by atoms with van der Waals surface area (Å²) in [6.45, 7) is -0.359. The fourth-order valence-electron chi connectivity index (χ4n) is 1.31. The van der Waals surface area contributed by atoms with E-state index in [0.29, 0.717) is 0 Å². The van der Waals surface area contributed by atoms with Crippen LogP contribution in [0.15, 0.2) is 0 Å². The van der Waals surface area contributed by atoms with E-state index in [2.05, 4.69) is 0 Å². The minimum absolute atomic E-state index is 0.359. The Morgan fingerprint density at radius 2 is 1.50 bits per heavy atom. The predicted octanol–water partition coefficient (Wildman–Crippen LogP) is -4.67. The first-order valence-electron chi connectivity index (χ1n) is 3.76. The summed E-state index contributed by atoms with van der Waals surface area (Å²) in [6.07, 6.45) is -5.18. The van der Waals surface area contributed by atoms with Crippen molar-refractivity contribution < 1.29 is 30.8 Å². The number of piperidine rings is 1. The third kappa shape index (κ3) is 1.58. The molecule has 7 N–H and O–H groups in total. The van der Waals surface area contributed by atoms with Crippen molar-refractivity contribution in [3.8, 4) is 0 Å². The lowest BCUT2D eigenvalue weighted by Gasteiger charge is -2.35. The van der Waals surface area contributed by atoms with Gasteiger partial charge in [-0.1, -0.05) is 0 Å². The highest BCUT2D eigenvalue weighted by Gasteiger charge is 2.44. The molecule has 0 amide bonds. The van der Waals surface area contributed by atoms with Gasteiger partial charge >= 0.3 is 0 Å². The van der Waals surface area contributed by atoms with Gasteiger partial charge in [0.25, 0.3) is 0 Å². The largest absolute Gasteiger partial charge is 0.390 e. The Balaban J connectivity index is 2.63. The zero-order valence-electron chi connectivity index (χ0n) is 6.41. The van der Waals surface area contributed by atoms with Crippen LogP contribution < -0.4 is 5.32 Å². The van der Waals surface area contributed by atoms with Crippen LogP contribution in [-0.2, 0) is 0 Å². The first-order chi connectivity index (χ1) is 5.57. The highest BCUT2D eigenvalue weighted by molar-refractivity contribution is 4.84. The first kappa shape index (κ1) is 9.85. The quantitative estimate of drug-likeness (QED) is 0.242. The molecule has 0 aromatic carbocycles. The fraction of sp³-hybridized carbons (Fsp3) is 1.00. The molecule has 0 bridgehead atoms. The summed E-state index contributed by atoms with van der Waals surface area (Å²) in [4.78, 5) is 0. The molecule has 1 unspecified atom stereocenters. The van der Waals surface area contributed by atoms with Crippen LogP contribution >= 0.6 is 0 Å². The van der Waals surface area contributed by atoms with Crippen molar-refractivity contribution in [2.45, 2.75) is 30.6 Å². The van der Waals surface area contributed by atoms with Crippen molar-refractivity contribution in [2.24, 2.45) is 0 Å². The van der Waals surface area contributed by atoms with Crippen molar-refractivity contribution >= 4 is 0 Å². The second-order valence-corrected chi connectivity index (χ2v) is 3.00. The second-order valence-electron chi connectivity index (χ2n) is 3.00. The van der Waals surface area contributed by atoms with Gasteiger partial charge in [-0.15, -0.1) is 0 Å². The molecule has 0 aliphatic carbocycles. The van der Waals surface area contributed by atoms with E-state index in [-0.39, 0.29) is 6.61 Å². The molecule has 6 nitrogen and oxygen atoms in total. The molecular weight excluding hydrogens is 166 g/mol. The Morgan fingerprint density at radius 1 is 0.917 bits per heavy atom. The summed E-state index contributed by atoms with van der Waals surface area (Å²) in [5.74, 6) is 0. The van der Waals surface area contributed by atoms with Gasteiger partial charge in [-0.2, -0.15) is 0 Å². The van der Waals surface area contributed by atoms with Crippen molar-refractivity contribution in [1.29, 1.82) is 0 Å². The molecule has 1 fully saturated rings. The van der Waals surface area contributed by atoms with Crippen molar-refractivity contribution in [2.75, 3.05) is 6.61 Å². The predicted molar refractivity (Wildman–Crippen MR) is 36.8 cm³/mol. The Morgan fingerprint density at radius 3 is 2.00 bits per heavy atom. The molecule has 1 heterocycles. The molecular formula is C6H14NO5+. The van der Waals surface area contributed by atoms with Gasteiger partial charge in [0, 0.05) is 0 Å². The fourth-order valence-corrected chi connectivity index (χ4v) is 1.31. The molecule has 72 valence electrons. The molecule has 5 atom stereocenters. The van der Waals surface area contributed by atoms with Crippen LogP contribution in [0.5, 0.6) is 0 Å². The van der Waals surface area contributed by atoms with E-state index in [1.54, 1.807) is 0 Å². The van der Waals surface area contributed by atoms with E-state index in [4.69, 9.17) is 20.4 Å². The monoisotopic (exact) mass is 180 g/mol. The Kier molecular flexibility index (Phi) is 2.99. The summed E-state index contributed by atoms with van der Waals surface area (Å²) in [6, 6.07) is -0.682. The molecule has 0 aromatic rings. The lowest BCUT2D eigenvalue weighted by Crippen LogP contribution is -3.03. The second kappa shape index (κ2) is 3.65. The van der Waals surface area contributed by atoms with E-state index in [0.717, 1.165) is 0 Å². The van der Waals surface area contributed by atoms with Crippen molar-refractivity contribution in [3.63, 3.8) is 0 Å². The zero-order valence-corrected chi connectivity index (χ0v) is 6.41. The number of hydrogen-bond acceptors (Lipinski definition) is 5. The lowest BCUT2D eigenvalue weighted by atomic mass is 9.95. The molecule has 0 aromatic heterocycles. The summed E-state index contributed by atoms with van der Waals surface area (Å²) in [5.41, 5.74) is 0. The van der Waals surface area contributed by atoms with Crippen LogP contribution in [0.2, 0.25) is 0 Å². The van der Waals surface area contributed by atoms with Crippen LogP contribution in [0.4, 0.5) is 0 Å². The average molecular weight is 180 g/mol. The minimum atomic E-state index is -1.40. The van der Waals surface area contributed by atoms with Gasteiger partial charge in [-0.25, -0.2) is 0 Å². The normalized spacial score (nSPS) is 49.2. The number of hydrogen-bond donors (Lipinski definition) is 6. The van der Waals surface area contributed by atoms with Gasteiger partial charge in [-0.3, -0.25) is 0 Å². The molecule has 12 heavy (non-hydrogen) atoms. The van der Waals surface area contributed by atoms with Crippen LogP contribution in [0.25, 0.3) is 0 Å². The number of quaternary nitrogens is 1. The van der Waals surface area contributed by atoms with Gasteiger partial charge in [0.2, 0.25) is 6.23 Å². The Bertz CT molecular complexity index is 150. The van der Waals surface area contributed by atoms with Crippen molar-refractivity contribution in [3.05, 3.63) is 0 Å². The van der Waals surface area contributed by atoms with E-state index in [1.807, 2.05) is 0 Å². The molecule has 1 aliphatic heterocycles. The van der Waals surface area contributed by atoms with E-state index in [1.165, 1.54) is 5.32 Å². The molecule has 1 rings (SSSR count). The number of aliphatic hydroxyl groups is 5. The highest BCUT2D eigenvalue weighted by Crippen LogP contribution is 2.08. The third-order valence-electron chi connectivity index (χ3n) is 2.14. The summed E-state index contributed by atoms with van der Waals surface area (Å²) in [5, 5.41) is 46.4. The van der Waals surface area contributed by atoms with E-state index < -0.39 is 30.6 Å². The average Bonchev–Trinajstić information content (AvgIpc) is 2.08. The van der Waals surface area contributed by atoms with E-state index >= 15 is 0 Å². The van der Waals surface area contributed by atoms with Gasteiger partial charge in [0.05, 0.1) is 6.61 Å². The Hall–Kier alpha value is -0.240. The van der Waals surface area contributed by atoms with Crippen molar-refractivity contribution in [1.82, 2.24) is 0 Å². The van der Waals surface area contributed by atoms with Crippen LogP contribution in [0, 0.1) is 0 Å². The van der Waals surface area contributed by atoms with Gasteiger partial charge < -0.3 is 30.8 Å².